The van der Waals surface area contributed by atoms with E-state index < -0.39 is 59.3 Å². The van der Waals surface area contributed by atoms with Gasteiger partial charge in [0.2, 0.25) is 0 Å². The van der Waals surface area contributed by atoms with Crippen molar-refractivity contribution in [2.45, 2.75) is 19.0 Å². The molecule has 0 fully saturated rings. The zero-order chi connectivity index (χ0) is 29.0. The molecule has 3 rings (SSSR count). The van der Waals surface area contributed by atoms with Crippen molar-refractivity contribution in [3.05, 3.63) is 65.5 Å². The number of aromatic nitrogens is 2. The summed E-state index contributed by atoms with van der Waals surface area (Å²) in [5, 5.41) is 2.48. The first-order valence-corrected chi connectivity index (χ1v) is 11.3. The molecule has 210 valence electrons. The largest absolute Gasteiger partial charge is 0.496 e. The molecule has 1 aromatic carbocycles. The first-order valence-electron chi connectivity index (χ1n) is 10.3. The van der Waals surface area contributed by atoms with Crippen molar-refractivity contribution in [2.24, 2.45) is 4.36 Å². The molecule has 0 spiro atoms. The number of amides is 1. The summed E-state index contributed by atoms with van der Waals surface area (Å²) in [6.07, 6.45) is -9.49. The fraction of sp³-hybridized carbons (Fsp3) is 0.227. The number of methoxy groups -OCH3 is 1. The first-order chi connectivity index (χ1) is 18.2. The minimum absolute atomic E-state index is 0.0226. The second-order valence-electron chi connectivity index (χ2n) is 7.30. The van der Waals surface area contributed by atoms with Crippen LogP contribution in [0, 0.1) is 11.6 Å². The number of halogens is 8. The Hall–Kier alpha value is -3.70. The topological polar surface area (TPSA) is 94.9 Å². The third kappa shape index (κ3) is 7.90. The number of hydrogen-bond donors (Lipinski definition) is 1. The summed E-state index contributed by atoms with van der Waals surface area (Å²) < 4.78 is 123. The van der Waals surface area contributed by atoms with E-state index in [9.17, 15) is 39.9 Å². The quantitative estimate of drug-likeness (QED) is 0.321. The van der Waals surface area contributed by atoms with Crippen LogP contribution in [-0.4, -0.2) is 36.3 Å². The predicted octanol–water partition coefficient (Wildman–Crippen LogP) is 6.08. The summed E-state index contributed by atoms with van der Waals surface area (Å²) in [4.78, 5) is 18.2. The van der Waals surface area contributed by atoms with Crippen molar-refractivity contribution in [1.82, 2.24) is 9.97 Å². The van der Waals surface area contributed by atoms with E-state index in [0.29, 0.717) is 6.07 Å². The highest BCUT2D eigenvalue weighted by Gasteiger charge is 2.39. The number of nitrogens with zero attached hydrogens (tertiary/aromatic N) is 3. The summed E-state index contributed by atoms with van der Waals surface area (Å²) in [5.41, 5.74) is -1.66. The van der Waals surface area contributed by atoms with Crippen LogP contribution >= 0.6 is 0 Å². The Balaban J connectivity index is 1.94. The number of benzene rings is 1. The van der Waals surface area contributed by atoms with E-state index in [1.54, 1.807) is 0 Å². The fourth-order valence-electron chi connectivity index (χ4n) is 2.96. The SMILES string of the molecule is COc1cc(F)ccc1-c1cc(Nc2cc(COS(=NC(=O)C(F)(F)F)OC)cc(C(F)(F)F)n2)ncc1F. The van der Waals surface area contributed by atoms with Gasteiger partial charge in [-0.25, -0.2) is 18.7 Å². The van der Waals surface area contributed by atoms with Crippen LogP contribution < -0.4 is 10.1 Å². The normalized spacial score (nSPS) is 12.9. The molecule has 1 unspecified atom stereocenters. The number of anilines is 2. The van der Waals surface area contributed by atoms with E-state index in [4.69, 9.17) is 8.92 Å². The molecule has 39 heavy (non-hydrogen) atoms. The van der Waals surface area contributed by atoms with Gasteiger partial charge in [0.25, 0.3) is 0 Å². The van der Waals surface area contributed by atoms with Gasteiger partial charge in [-0.1, -0.05) is 0 Å². The van der Waals surface area contributed by atoms with Gasteiger partial charge in [0.05, 0.1) is 27.0 Å². The molecule has 17 heteroatoms. The smallest absolute Gasteiger partial charge is 0.474 e. The van der Waals surface area contributed by atoms with Gasteiger partial charge in [-0.05, 0) is 35.9 Å². The summed E-state index contributed by atoms with van der Waals surface area (Å²) in [6, 6.07) is 6.00. The van der Waals surface area contributed by atoms with Gasteiger partial charge in [-0.15, -0.1) is 4.36 Å². The molecule has 0 saturated carbocycles. The van der Waals surface area contributed by atoms with Crippen LogP contribution in [0.2, 0.25) is 0 Å². The molecule has 0 saturated heterocycles. The maximum absolute atomic E-state index is 14.5. The lowest BCUT2D eigenvalue weighted by Crippen LogP contribution is -2.21. The van der Waals surface area contributed by atoms with Gasteiger partial charge >= 0.3 is 18.3 Å². The Morgan fingerprint density at radius 3 is 2.33 bits per heavy atom. The summed E-state index contributed by atoms with van der Waals surface area (Å²) in [6.45, 7) is -0.763. The van der Waals surface area contributed by atoms with E-state index >= 15 is 0 Å². The summed E-state index contributed by atoms with van der Waals surface area (Å²) in [5.74, 6) is -4.64. The van der Waals surface area contributed by atoms with E-state index in [1.165, 1.54) is 13.2 Å². The third-order valence-corrected chi connectivity index (χ3v) is 5.53. The minimum atomic E-state index is -5.30. The van der Waals surface area contributed by atoms with E-state index in [-0.39, 0.29) is 28.3 Å². The Kier molecular flexibility index (Phi) is 9.18. The average Bonchev–Trinajstić information content (AvgIpc) is 2.86. The summed E-state index contributed by atoms with van der Waals surface area (Å²) >= 11 is -2.37. The Labute approximate surface area is 217 Å². The van der Waals surface area contributed by atoms with Crippen molar-refractivity contribution < 1.29 is 53.0 Å². The molecule has 0 aliphatic carbocycles. The molecule has 8 nitrogen and oxygen atoms in total. The van der Waals surface area contributed by atoms with Gasteiger partial charge < -0.3 is 10.1 Å². The molecule has 0 aliphatic rings. The molecule has 1 amide bonds. The molecule has 1 atom stereocenters. The van der Waals surface area contributed by atoms with Crippen molar-refractivity contribution in [3.8, 4) is 16.9 Å². The minimum Gasteiger partial charge on any atom is -0.496 e. The number of ether oxygens (including phenoxy) is 1. The van der Waals surface area contributed by atoms with Crippen molar-refractivity contribution in [3.63, 3.8) is 0 Å². The van der Waals surface area contributed by atoms with Gasteiger partial charge in [0.1, 0.15) is 34.7 Å². The van der Waals surface area contributed by atoms with E-state index in [1.807, 2.05) is 0 Å². The van der Waals surface area contributed by atoms with Crippen LogP contribution in [0.5, 0.6) is 5.75 Å². The van der Waals surface area contributed by atoms with Crippen molar-refractivity contribution in [2.75, 3.05) is 19.5 Å². The fourth-order valence-corrected chi connectivity index (χ4v) is 3.66. The van der Waals surface area contributed by atoms with Crippen LogP contribution in [0.4, 0.5) is 46.8 Å². The van der Waals surface area contributed by atoms with Gasteiger partial charge in [-0.2, -0.15) is 26.3 Å². The number of pyridine rings is 2. The van der Waals surface area contributed by atoms with Gasteiger partial charge in [0, 0.05) is 17.2 Å². The van der Waals surface area contributed by atoms with Crippen LogP contribution in [0.1, 0.15) is 11.3 Å². The Morgan fingerprint density at radius 2 is 1.72 bits per heavy atom. The molecule has 1 N–H and O–H groups in total. The Morgan fingerprint density at radius 1 is 1.00 bits per heavy atom. The maximum Gasteiger partial charge on any atom is 0.474 e. The number of nitrogens with one attached hydrogen (secondary N) is 1. The van der Waals surface area contributed by atoms with Gasteiger partial charge in [0.15, 0.2) is 11.3 Å². The second kappa shape index (κ2) is 12.0. The molecule has 2 aromatic heterocycles. The highest BCUT2D eigenvalue weighted by molar-refractivity contribution is 7.77. The lowest BCUT2D eigenvalue weighted by atomic mass is 10.0. The van der Waals surface area contributed by atoms with Gasteiger partial charge in [-0.3, -0.25) is 13.2 Å². The van der Waals surface area contributed by atoms with E-state index in [0.717, 1.165) is 37.6 Å². The second-order valence-corrected chi connectivity index (χ2v) is 8.49. The van der Waals surface area contributed by atoms with Crippen molar-refractivity contribution >= 4 is 28.8 Å². The zero-order valence-electron chi connectivity index (χ0n) is 19.7. The highest BCUT2D eigenvalue weighted by atomic mass is 32.2. The van der Waals surface area contributed by atoms with Crippen LogP contribution in [0.3, 0.4) is 0 Å². The number of rotatable bonds is 8. The van der Waals surface area contributed by atoms with Crippen LogP contribution in [-0.2, 0) is 37.2 Å². The van der Waals surface area contributed by atoms with Crippen molar-refractivity contribution in [1.29, 1.82) is 0 Å². The molecular weight excluding hydrogens is 568 g/mol. The van der Waals surface area contributed by atoms with E-state index in [2.05, 4.69) is 23.8 Å². The molecule has 2 heterocycles. The first kappa shape index (κ1) is 29.9. The number of carbonyl (C=O) groups is 1. The zero-order valence-corrected chi connectivity index (χ0v) is 20.5. The molecule has 0 bridgehead atoms. The molecule has 0 aliphatic heterocycles. The molecule has 0 radical (unpaired) electrons. The highest BCUT2D eigenvalue weighted by Crippen LogP contribution is 2.34. The number of hydrogen-bond acceptors (Lipinski definition) is 7. The molecular formula is C22H16F8N4O4S. The molecule has 3 aromatic rings. The lowest BCUT2D eigenvalue weighted by Gasteiger charge is -2.14. The van der Waals surface area contributed by atoms with Crippen LogP contribution in [0.15, 0.2) is 47.0 Å². The standard InChI is InChI=1S/C22H16F8N4O4S/c1-36-16-7-12(23)3-4-13(16)14-8-18(31-9-15(14)24)33-19-6-11(5-17(32-19)21(25,26)27)10-38-39(37-2)34-20(35)22(28,29)30/h3-9H,10H2,1-2H3,(H,31,32,33). The summed E-state index contributed by atoms with van der Waals surface area (Å²) in [7, 11) is 2.11. The lowest BCUT2D eigenvalue weighted by molar-refractivity contribution is -0.169. The Bertz CT molecular complexity index is 1400. The predicted molar refractivity (Wildman–Crippen MR) is 121 cm³/mol. The third-order valence-electron chi connectivity index (χ3n) is 4.61. The average molecular weight is 584 g/mol. The van der Waals surface area contributed by atoms with Crippen LogP contribution in [0.25, 0.3) is 11.1 Å². The maximum atomic E-state index is 14.5. The monoisotopic (exact) mass is 584 g/mol. The number of carbonyl (C=O) groups excluding carboxylic acids is 1. The number of alkyl halides is 6.